The molecular formula is C36H53N3O2. The van der Waals surface area contributed by atoms with Gasteiger partial charge < -0.3 is 9.52 Å². The maximum Gasteiger partial charge on any atom is 0.249 e. The Morgan fingerprint density at radius 3 is 2.56 bits per heavy atom. The van der Waals surface area contributed by atoms with Crippen LogP contribution in [0.15, 0.2) is 41.6 Å². The number of fused-ring (bicyclic) bond motifs is 7. The van der Waals surface area contributed by atoms with E-state index < -0.39 is 0 Å². The summed E-state index contributed by atoms with van der Waals surface area (Å²) in [7, 11) is 0. The SMILES string of the molecule is C=CC.CCC12CCC3(C)C4CCC5(c6nnc(-c7cccnc7)o6)CCCC5C4CCC3C1(C)CCC(O)C2C. The Labute approximate surface area is 248 Å². The van der Waals surface area contributed by atoms with Gasteiger partial charge in [0.25, 0.3) is 0 Å². The zero-order chi connectivity index (χ0) is 29.0. The molecule has 2 aromatic heterocycles. The van der Waals surface area contributed by atoms with Gasteiger partial charge in [-0.05, 0) is 136 Å². The van der Waals surface area contributed by atoms with E-state index in [0.717, 1.165) is 35.6 Å². The number of aliphatic hydroxyl groups excluding tert-OH is 1. The van der Waals surface area contributed by atoms with E-state index in [-0.39, 0.29) is 11.5 Å². The van der Waals surface area contributed by atoms with Gasteiger partial charge in [-0.1, -0.05) is 40.2 Å². The fraction of sp³-hybridized carbons (Fsp3) is 0.750. The maximum atomic E-state index is 11.0. The predicted octanol–water partition coefficient (Wildman–Crippen LogP) is 8.79. The molecule has 5 saturated carbocycles. The molecule has 7 rings (SSSR count). The lowest BCUT2D eigenvalue weighted by Gasteiger charge is -2.71. The van der Waals surface area contributed by atoms with E-state index in [2.05, 4.69) is 44.4 Å². The number of nitrogens with zero attached hydrogens (tertiary/aromatic N) is 3. The van der Waals surface area contributed by atoms with Gasteiger partial charge in [-0.25, -0.2) is 0 Å². The number of hydrogen-bond acceptors (Lipinski definition) is 5. The van der Waals surface area contributed by atoms with Gasteiger partial charge in [0.05, 0.1) is 17.1 Å². The highest BCUT2D eigenvalue weighted by Crippen LogP contribution is 2.75. The van der Waals surface area contributed by atoms with E-state index >= 15 is 0 Å². The minimum atomic E-state index is -0.122. The van der Waals surface area contributed by atoms with Crippen LogP contribution >= 0.6 is 0 Å². The maximum absolute atomic E-state index is 11.0. The number of aliphatic hydroxyl groups is 1. The second kappa shape index (κ2) is 10.6. The Balaban J connectivity index is 0.000000967. The van der Waals surface area contributed by atoms with Crippen LogP contribution in [0, 0.1) is 45.8 Å². The minimum Gasteiger partial charge on any atom is -0.420 e. The van der Waals surface area contributed by atoms with Gasteiger partial charge in [0.15, 0.2) is 0 Å². The number of rotatable bonds is 3. The zero-order valence-electron chi connectivity index (χ0n) is 26.2. The molecule has 0 amide bonds. The molecule has 2 heterocycles. The molecule has 41 heavy (non-hydrogen) atoms. The molecule has 0 radical (unpaired) electrons. The van der Waals surface area contributed by atoms with Crippen LogP contribution in [0.3, 0.4) is 0 Å². The van der Waals surface area contributed by atoms with E-state index in [1.807, 2.05) is 25.3 Å². The van der Waals surface area contributed by atoms with Gasteiger partial charge >= 0.3 is 0 Å². The van der Waals surface area contributed by atoms with Gasteiger partial charge in [0.1, 0.15) is 0 Å². The summed E-state index contributed by atoms with van der Waals surface area (Å²) < 4.78 is 6.48. The minimum absolute atomic E-state index is 0.0625. The fourth-order valence-electron chi connectivity index (χ4n) is 12.2. The van der Waals surface area contributed by atoms with Crippen LogP contribution in [0.25, 0.3) is 11.5 Å². The fourth-order valence-corrected chi connectivity index (χ4v) is 12.2. The normalized spacial score (nSPS) is 44.8. The highest BCUT2D eigenvalue weighted by atomic mass is 16.4. The topological polar surface area (TPSA) is 72.0 Å². The first-order valence-corrected chi connectivity index (χ1v) is 16.7. The Kier molecular flexibility index (Phi) is 7.53. The van der Waals surface area contributed by atoms with Crippen molar-refractivity contribution in [3.8, 4) is 11.5 Å². The number of pyridine rings is 1. The van der Waals surface area contributed by atoms with Gasteiger partial charge in [-0.3, -0.25) is 4.98 Å². The highest BCUT2D eigenvalue weighted by molar-refractivity contribution is 5.50. The molecule has 1 N–H and O–H groups in total. The van der Waals surface area contributed by atoms with Crippen molar-refractivity contribution in [2.75, 3.05) is 0 Å². The van der Waals surface area contributed by atoms with Gasteiger partial charge in [-0.15, -0.1) is 16.8 Å². The average Bonchev–Trinajstić information content (AvgIpc) is 3.65. The summed E-state index contributed by atoms with van der Waals surface area (Å²) >= 11 is 0. The van der Waals surface area contributed by atoms with Crippen molar-refractivity contribution >= 4 is 0 Å². The third kappa shape index (κ3) is 4.07. The molecule has 5 aliphatic rings. The molecule has 0 bridgehead atoms. The third-order valence-electron chi connectivity index (χ3n) is 14.0. The summed E-state index contributed by atoms with van der Waals surface area (Å²) in [4.78, 5) is 4.26. The molecule has 0 aliphatic heterocycles. The summed E-state index contributed by atoms with van der Waals surface area (Å²) in [6, 6.07) is 3.95. The van der Waals surface area contributed by atoms with E-state index in [1.165, 1.54) is 70.6 Å². The Hall–Kier alpha value is -2.01. The van der Waals surface area contributed by atoms with Gasteiger partial charge in [0, 0.05) is 12.4 Å². The summed E-state index contributed by atoms with van der Waals surface area (Å²) in [5.74, 6) is 4.94. The van der Waals surface area contributed by atoms with Crippen LogP contribution in [0.4, 0.5) is 0 Å². The van der Waals surface area contributed by atoms with Crippen LogP contribution in [0.1, 0.15) is 118 Å². The quantitative estimate of drug-likeness (QED) is 0.381. The van der Waals surface area contributed by atoms with E-state index in [0.29, 0.717) is 34.0 Å². The largest absolute Gasteiger partial charge is 0.420 e. The first-order chi connectivity index (χ1) is 19.7. The Morgan fingerprint density at radius 2 is 1.83 bits per heavy atom. The molecule has 0 spiro atoms. The number of allylic oxidation sites excluding steroid dienone is 1. The molecule has 5 heteroatoms. The van der Waals surface area contributed by atoms with Gasteiger partial charge in [0.2, 0.25) is 11.8 Å². The molecule has 5 aliphatic carbocycles. The van der Waals surface area contributed by atoms with Crippen molar-refractivity contribution in [2.45, 2.75) is 123 Å². The smallest absolute Gasteiger partial charge is 0.249 e. The van der Waals surface area contributed by atoms with Crippen molar-refractivity contribution in [3.05, 3.63) is 43.1 Å². The Morgan fingerprint density at radius 1 is 1.02 bits per heavy atom. The molecule has 5 fully saturated rings. The zero-order valence-corrected chi connectivity index (χ0v) is 26.2. The first kappa shape index (κ1) is 29.1. The van der Waals surface area contributed by atoms with E-state index in [4.69, 9.17) is 9.52 Å². The molecule has 0 aromatic carbocycles. The Bertz CT molecular complexity index is 1230. The predicted molar refractivity (Wildman–Crippen MR) is 164 cm³/mol. The van der Waals surface area contributed by atoms with Crippen LogP contribution in [-0.4, -0.2) is 26.4 Å². The van der Waals surface area contributed by atoms with Crippen molar-refractivity contribution in [1.82, 2.24) is 15.2 Å². The monoisotopic (exact) mass is 559 g/mol. The van der Waals surface area contributed by atoms with Gasteiger partial charge in [-0.2, -0.15) is 0 Å². The third-order valence-corrected chi connectivity index (χ3v) is 14.0. The lowest BCUT2D eigenvalue weighted by atomic mass is 9.33. The standard InChI is InChI=1S/C33H47N3O2.C3H6/c1-5-33-18-17-30(3)24-12-16-32(29-36-35-28(38-29)22-8-7-19-34-20-22)14-6-9-25(32)23(24)10-11-27(30)31(33,4)15-13-26(37)21(33)2;1-3-2/h7-8,19-21,23-27,37H,5-6,9-18H2,1-4H3;3H,1H2,2H3. The molecular weight excluding hydrogens is 506 g/mol. The summed E-state index contributed by atoms with van der Waals surface area (Å²) in [6.07, 6.45) is 20.3. The number of hydrogen-bond donors (Lipinski definition) is 1. The molecule has 5 nitrogen and oxygen atoms in total. The van der Waals surface area contributed by atoms with Crippen molar-refractivity contribution in [3.63, 3.8) is 0 Å². The van der Waals surface area contributed by atoms with Crippen LogP contribution in [0.2, 0.25) is 0 Å². The summed E-state index contributed by atoms with van der Waals surface area (Å²) in [5, 5.41) is 20.2. The first-order valence-electron chi connectivity index (χ1n) is 16.7. The highest BCUT2D eigenvalue weighted by Gasteiger charge is 2.69. The second-order valence-corrected chi connectivity index (χ2v) is 15.0. The molecule has 2 aromatic rings. The van der Waals surface area contributed by atoms with Crippen molar-refractivity contribution in [2.24, 2.45) is 45.8 Å². The van der Waals surface area contributed by atoms with Crippen molar-refractivity contribution in [1.29, 1.82) is 0 Å². The lowest BCUT2D eigenvalue weighted by molar-refractivity contribution is -0.236. The summed E-state index contributed by atoms with van der Waals surface area (Å²) in [5.41, 5.74) is 2.02. The number of aromatic nitrogens is 3. The van der Waals surface area contributed by atoms with Crippen LogP contribution in [-0.2, 0) is 5.41 Å². The van der Waals surface area contributed by atoms with Crippen molar-refractivity contribution < 1.29 is 9.52 Å². The summed E-state index contributed by atoms with van der Waals surface area (Å²) in [6.45, 7) is 15.4. The molecule has 224 valence electrons. The molecule has 0 saturated heterocycles. The van der Waals surface area contributed by atoms with E-state index in [9.17, 15) is 5.11 Å². The molecule has 10 atom stereocenters. The average molecular weight is 560 g/mol. The van der Waals surface area contributed by atoms with Crippen LogP contribution in [0.5, 0.6) is 0 Å². The van der Waals surface area contributed by atoms with E-state index in [1.54, 1.807) is 12.3 Å². The second-order valence-electron chi connectivity index (χ2n) is 15.0. The van der Waals surface area contributed by atoms with Crippen LogP contribution < -0.4 is 0 Å². The lowest BCUT2D eigenvalue weighted by Crippen LogP contribution is -2.65. The molecule has 10 unspecified atom stereocenters.